The van der Waals surface area contributed by atoms with Crippen molar-refractivity contribution < 1.29 is 14.7 Å². The number of amides is 1. The second-order valence-corrected chi connectivity index (χ2v) is 3.88. The molecule has 2 rings (SSSR count). The maximum atomic E-state index is 11.7. The smallest absolute Gasteiger partial charge is 0.303 e. The van der Waals surface area contributed by atoms with Crippen LogP contribution in [0.2, 0.25) is 0 Å². The number of carboxylic acid groups (broad SMARTS) is 1. The third-order valence-electron chi connectivity index (χ3n) is 2.47. The second kappa shape index (κ2) is 5.76. The fourth-order valence-corrected chi connectivity index (χ4v) is 1.51. The number of carboxylic acids is 1. The Morgan fingerprint density at radius 1 is 1.26 bits per heavy atom. The maximum absolute atomic E-state index is 11.7. The lowest BCUT2D eigenvalue weighted by molar-refractivity contribution is -0.136. The molecule has 0 saturated heterocycles. The zero-order valence-corrected chi connectivity index (χ0v) is 9.96. The molecule has 3 N–H and O–H groups in total. The highest BCUT2D eigenvalue weighted by atomic mass is 16.4. The Bertz CT molecular complexity index is 563. The third-order valence-corrected chi connectivity index (χ3v) is 2.47. The minimum Gasteiger partial charge on any atom is -0.481 e. The first-order valence-corrected chi connectivity index (χ1v) is 5.62. The zero-order chi connectivity index (χ0) is 13.7. The van der Waals surface area contributed by atoms with Crippen LogP contribution in [-0.4, -0.2) is 32.2 Å². The number of hydrogen-bond donors (Lipinski definition) is 3. The lowest BCUT2D eigenvalue weighted by Gasteiger charge is -2.04. The number of aromatic amines is 1. The number of aryl methyl sites for hydroxylation is 1. The molecule has 0 atom stereocenters. The molecule has 1 aromatic carbocycles. The van der Waals surface area contributed by atoms with Gasteiger partial charge in [-0.3, -0.25) is 14.7 Å². The van der Waals surface area contributed by atoms with Gasteiger partial charge in [-0.25, -0.2) is 4.98 Å². The van der Waals surface area contributed by atoms with Crippen molar-refractivity contribution in [2.75, 3.05) is 5.32 Å². The van der Waals surface area contributed by atoms with Gasteiger partial charge in [-0.1, -0.05) is 12.1 Å². The minimum atomic E-state index is -0.831. The molecule has 0 fully saturated rings. The van der Waals surface area contributed by atoms with Crippen LogP contribution in [-0.2, 0) is 11.2 Å². The van der Waals surface area contributed by atoms with E-state index in [0.29, 0.717) is 12.1 Å². The molecule has 0 bridgehead atoms. The molecule has 0 aliphatic rings. The van der Waals surface area contributed by atoms with Gasteiger partial charge >= 0.3 is 5.97 Å². The monoisotopic (exact) mass is 260 g/mol. The van der Waals surface area contributed by atoms with Crippen molar-refractivity contribution in [1.82, 2.24) is 15.2 Å². The lowest BCUT2D eigenvalue weighted by Crippen LogP contribution is -2.13. The van der Waals surface area contributed by atoms with E-state index >= 15 is 0 Å². The molecule has 7 heteroatoms. The third kappa shape index (κ3) is 3.63. The number of H-pyrrole nitrogens is 1. The number of aliphatic carboxylic acids is 1. The van der Waals surface area contributed by atoms with Crippen LogP contribution in [0, 0.1) is 0 Å². The summed E-state index contributed by atoms with van der Waals surface area (Å²) < 4.78 is 0. The molecule has 98 valence electrons. The minimum absolute atomic E-state index is 0.0871. The first-order chi connectivity index (χ1) is 9.15. The number of nitrogens with zero attached hydrogens (tertiary/aromatic N) is 2. The Morgan fingerprint density at radius 2 is 2.00 bits per heavy atom. The van der Waals surface area contributed by atoms with Crippen molar-refractivity contribution >= 4 is 17.6 Å². The highest BCUT2D eigenvalue weighted by Crippen LogP contribution is 2.11. The fraction of sp³-hybridized carbons (Fsp3) is 0.167. The molecule has 0 spiro atoms. The largest absolute Gasteiger partial charge is 0.481 e. The van der Waals surface area contributed by atoms with Crippen molar-refractivity contribution in [3.63, 3.8) is 0 Å². The predicted molar refractivity (Wildman–Crippen MR) is 66.7 cm³/mol. The van der Waals surface area contributed by atoms with Crippen molar-refractivity contribution in [3.8, 4) is 0 Å². The van der Waals surface area contributed by atoms with E-state index in [9.17, 15) is 9.59 Å². The Labute approximate surface area is 108 Å². The van der Waals surface area contributed by atoms with Crippen LogP contribution < -0.4 is 5.32 Å². The average molecular weight is 260 g/mol. The molecule has 7 nitrogen and oxygen atoms in total. The number of carbonyl (C=O) groups excluding carboxylic acids is 1. The van der Waals surface area contributed by atoms with Gasteiger partial charge in [0.25, 0.3) is 5.91 Å². The van der Waals surface area contributed by atoms with Crippen LogP contribution in [0.5, 0.6) is 0 Å². The number of aromatic nitrogens is 3. The Kier molecular flexibility index (Phi) is 3.87. The highest BCUT2D eigenvalue weighted by Gasteiger charge is 2.08. The molecule has 1 amide bonds. The molecule has 19 heavy (non-hydrogen) atoms. The molecule has 2 aromatic rings. The van der Waals surface area contributed by atoms with E-state index in [-0.39, 0.29) is 18.2 Å². The van der Waals surface area contributed by atoms with Crippen LogP contribution in [0.1, 0.15) is 22.6 Å². The summed E-state index contributed by atoms with van der Waals surface area (Å²) in [6.07, 6.45) is 1.80. The maximum Gasteiger partial charge on any atom is 0.303 e. The van der Waals surface area contributed by atoms with Gasteiger partial charge in [-0.2, -0.15) is 5.10 Å². The van der Waals surface area contributed by atoms with E-state index in [1.807, 2.05) is 0 Å². The summed E-state index contributed by atoms with van der Waals surface area (Å²) in [4.78, 5) is 25.8. The van der Waals surface area contributed by atoms with Gasteiger partial charge in [0.1, 0.15) is 6.33 Å². The summed E-state index contributed by atoms with van der Waals surface area (Å²) in [5.41, 5.74) is 1.51. The first kappa shape index (κ1) is 12.7. The fourth-order valence-electron chi connectivity index (χ4n) is 1.51. The summed E-state index contributed by atoms with van der Waals surface area (Å²) in [6, 6.07) is 6.98. The van der Waals surface area contributed by atoms with Crippen molar-refractivity contribution in [1.29, 1.82) is 0 Å². The van der Waals surface area contributed by atoms with E-state index in [0.717, 1.165) is 5.56 Å². The van der Waals surface area contributed by atoms with Crippen molar-refractivity contribution in [3.05, 3.63) is 42.0 Å². The van der Waals surface area contributed by atoms with Crippen LogP contribution in [0.25, 0.3) is 0 Å². The summed E-state index contributed by atoms with van der Waals surface area (Å²) in [6.45, 7) is 0. The number of hydrogen-bond acceptors (Lipinski definition) is 4. The van der Waals surface area contributed by atoms with Gasteiger partial charge in [0.05, 0.1) is 0 Å². The van der Waals surface area contributed by atoms with Gasteiger partial charge in [0.15, 0.2) is 0 Å². The molecule has 0 aliphatic carbocycles. The number of anilines is 1. The molecule has 1 aromatic heterocycles. The van der Waals surface area contributed by atoms with Gasteiger partial charge in [0.2, 0.25) is 5.82 Å². The van der Waals surface area contributed by atoms with Gasteiger partial charge < -0.3 is 10.4 Å². The van der Waals surface area contributed by atoms with Crippen LogP contribution in [0.4, 0.5) is 5.69 Å². The van der Waals surface area contributed by atoms with E-state index < -0.39 is 5.97 Å². The number of nitrogens with one attached hydrogen (secondary N) is 2. The van der Waals surface area contributed by atoms with Gasteiger partial charge in [-0.15, -0.1) is 0 Å². The molecule has 0 unspecified atom stereocenters. The van der Waals surface area contributed by atoms with Crippen molar-refractivity contribution in [2.45, 2.75) is 12.8 Å². The lowest BCUT2D eigenvalue weighted by atomic mass is 10.1. The number of carbonyl (C=O) groups is 2. The van der Waals surface area contributed by atoms with Gasteiger partial charge in [-0.05, 0) is 24.1 Å². The van der Waals surface area contributed by atoms with Crippen LogP contribution >= 0.6 is 0 Å². The second-order valence-electron chi connectivity index (χ2n) is 3.88. The summed E-state index contributed by atoms with van der Waals surface area (Å²) in [5.74, 6) is -1.08. The molecular formula is C12H12N4O3. The summed E-state index contributed by atoms with van der Waals surface area (Å²) in [5, 5.41) is 17.3. The van der Waals surface area contributed by atoms with Crippen LogP contribution in [0.3, 0.4) is 0 Å². The van der Waals surface area contributed by atoms with E-state index in [4.69, 9.17) is 5.11 Å². The summed E-state index contributed by atoms with van der Waals surface area (Å²) in [7, 11) is 0. The standard InChI is InChI=1S/C12H12N4O3/c17-10(18)6-3-8-1-4-9(5-2-8)15-12(19)11-13-7-14-16-11/h1-2,4-5,7H,3,6H2,(H,15,19)(H,17,18)(H,13,14,16). The topological polar surface area (TPSA) is 108 Å². The number of rotatable bonds is 5. The Balaban J connectivity index is 1.95. The molecule has 0 saturated carbocycles. The Hall–Kier alpha value is -2.70. The highest BCUT2D eigenvalue weighted by molar-refractivity contribution is 6.01. The van der Waals surface area contributed by atoms with E-state index in [1.165, 1.54) is 6.33 Å². The molecule has 1 heterocycles. The SMILES string of the molecule is O=C(O)CCc1ccc(NC(=O)c2ncn[nH]2)cc1. The average Bonchev–Trinajstić information content (AvgIpc) is 2.92. The summed E-state index contributed by atoms with van der Waals surface area (Å²) >= 11 is 0. The number of benzene rings is 1. The Morgan fingerprint density at radius 3 is 2.58 bits per heavy atom. The molecular weight excluding hydrogens is 248 g/mol. The molecule has 0 aliphatic heterocycles. The molecule has 0 radical (unpaired) electrons. The van der Waals surface area contributed by atoms with E-state index in [1.54, 1.807) is 24.3 Å². The van der Waals surface area contributed by atoms with Gasteiger partial charge in [0, 0.05) is 12.1 Å². The normalized spacial score (nSPS) is 10.1. The quantitative estimate of drug-likeness (QED) is 0.745. The van der Waals surface area contributed by atoms with E-state index in [2.05, 4.69) is 20.5 Å². The predicted octanol–water partition coefficient (Wildman–Crippen LogP) is 1.07. The zero-order valence-electron chi connectivity index (χ0n) is 9.96. The first-order valence-electron chi connectivity index (χ1n) is 5.62. The van der Waals surface area contributed by atoms with Crippen molar-refractivity contribution in [2.24, 2.45) is 0 Å². The van der Waals surface area contributed by atoms with Crippen LogP contribution in [0.15, 0.2) is 30.6 Å².